The number of carbonyl (C=O) groups excluding carboxylic acids is 1. The lowest BCUT2D eigenvalue weighted by molar-refractivity contribution is -0.128. The summed E-state index contributed by atoms with van der Waals surface area (Å²) >= 11 is 0. The molecule has 1 aliphatic rings. The van der Waals surface area contributed by atoms with Crippen LogP contribution in [0.25, 0.3) is 0 Å². The molecule has 2 atom stereocenters. The third-order valence-corrected chi connectivity index (χ3v) is 3.20. The molecule has 1 aromatic carbocycles. The minimum absolute atomic E-state index is 0.0391. The molecule has 1 amide bonds. The molecule has 5 heteroatoms. The highest BCUT2D eigenvalue weighted by Crippen LogP contribution is 2.24. The quantitative estimate of drug-likeness (QED) is 0.879. The van der Waals surface area contributed by atoms with Gasteiger partial charge in [-0.15, -0.1) is 0 Å². The summed E-state index contributed by atoms with van der Waals surface area (Å²) in [7, 11) is 1.64. The zero-order valence-corrected chi connectivity index (χ0v) is 11.2. The van der Waals surface area contributed by atoms with E-state index in [4.69, 9.17) is 4.74 Å². The number of hydrogen-bond donors (Lipinski definition) is 1. The van der Waals surface area contributed by atoms with Crippen molar-refractivity contribution in [2.45, 2.75) is 13.1 Å². The molecule has 0 bridgehead atoms. The standard InChI is InChI=1S/C14H19FN2O2/c1-10(9-19-2)8-17-13(18)7-16-14(17)11-4-3-5-12(15)6-11/h3-6,10,14,16H,7-9H2,1-2H3. The molecule has 19 heavy (non-hydrogen) atoms. The maximum Gasteiger partial charge on any atom is 0.238 e. The Labute approximate surface area is 112 Å². The van der Waals surface area contributed by atoms with Gasteiger partial charge in [-0.2, -0.15) is 0 Å². The van der Waals surface area contributed by atoms with E-state index in [0.717, 1.165) is 5.56 Å². The van der Waals surface area contributed by atoms with Gasteiger partial charge >= 0.3 is 0 Å². The van der Waals surface area contributed by atoms with E-state index < -0.39 is 0 Å². The van der Waals surface area contributed by atoms with Gasteiger partial charge in [0.2, 0.25) is 5.91 Å². The summed E-state index contributed by atoms with van der Waals surface area (Å²) in [5.74, 6) is -0.00865. The Morgan fingerprint density at radius 3 is 3.05 bits per heavy atom. The van der Waals surface area contributed by atoms with E-state index in [1.54, 1.807) is 18.1 Å². The molecule has 1 fully saturated rings. The molecule has 0 radical (unpaired) electrons. The molecule has 104 valence electrons. The third-order valence-electron chi connectivity index (χ3n) is 3.20. The van der Waals surface area contributed by atoms with Crippen LogP contribution in [0.5, 0.6) is 0 Å². The fourth-order valence-corrected chi connectivity index (χ4v) is 2.39. The van der Waals surface area contributed by atoms with Gasteiger partial charge in [-0.3, -0.25) is 10.1 Å². The van der Waals surface area contributed by atoms with Gasteiger partial charge in [0.05, 0.1) is 13.2 Å². The Balaban J connectivity index is 2.13. The van der Waals surface area contributed by atoms with Gasteiger partial charge in [0, 0.05) is 13.7 Å². The second-order valence-electron chi connectivity index (χ2n) is 4.95. The van der Waals surface area contributed by atoms with Crippen LogP contribution < -0.4 is 5.32 Å². The van der Waals surface area contributed by atoms with Crippen molar-refractivity contribution in [2.24, 2.45) is 5.92 Å². The summed E-state index contributed by atoms with van der Waals surface area (Å²) in [6, 6.07) is 6.35. The Morgan fingerprint density at radius 2 is 2.37 bits per heavy atom. The lowest BCUT2D eigenvalue weighted by Crippen LogP contribution is -2.35. The zero-order chi connectivity index (χ0) is 13.8. The van der Waals surface area contributed by atoms with Crippen molar-refractivity contribution in [3.8, 4) is 0 Å². The Kier molecular flexibility index (Phi) is 4.50. The van der Waals surface area contributed by atoms with E-state index in [-0.39, 0.29) is 23.8 Å². The van der Waals surface area contributed by atoms with Crippen LogP contribution in [0.15, 0.2) is 24.3 Å². The van der Waals surface area contributed by atoms with Crippen LogP contribution in [0.4, 0.5) is 4.39 Å². The minimum atomic E-state index is -0.288. The number of carbonyl (C=O) groups is 1. The first kappa shape index (κ1) is 14.0. The molecule has 1 heterocycles. The molecule has 0 saturated carbocycles. The van der Waals surface area contributed by atoms with Gasteiger partial charge in [0.1, 0.15) is 12.0 Å². The summed E-state index contributed by atoms with van der Waals surface area (Å²) in [4.78, 5) is 13.7. The molecule has 1 aliphatic heterocycles. The number of rotatable bonds is 5. The fourth-order valence-electron chi connectivity index (χ4n) is 2.39. The lowest BCUT2D eigenvalue weighted by atomic mass is 10.1. The van der Waals surface area contributed by atoms with E-state index in [2.05, 4.69) is 5.32 Å². The second-order valence-corrected chi connectivity index (χ2v) is 4.95. The minimum Gasteiger partial charge on any atom is -0.384 e. The number of ether oxygens (including phenoxy) is 1. The number of hydrogen-bond acceptors (Lipinski definition) is 3. The number of benzene rings is 1. The zero-order valence-electron chi connectivity index (χ0n) is 11.2. The van der Waals surface area contributed by atoms with Gasteiger partial charge in [-0.1, -0.05) is 19.1 Å². The van der Waals surface area contributed by atoms with Gasteiger partial charge in [0.25, 0.3) is 0 Å². The monoisotopic (exact) mass is 266 g/mol. The predicted octanol–water partition coefficient (Wildman–Crippen LogP) is 1.54. The van der Waals surface area contributed by atoms with Crippen molar-refractivity contribution in [3.63, 3.8) is 0 Å². The molecular weight excluding hydrogens is 247 g/mol. The van der Waals surface area contributed by atoms with E-state index in [1.807, 2.05) is 13.0 Å². The van der Waals surface area contributed by atoms with Crippen molar-refractivity contribution >= 4 is 5.91 Å². The van der Waals surface area contributed by atoms with Crippen molar-refractivity contribution < 1.29 is 13.9 Å². The van der Waals surface area contributed by atoms with E-state index in [9.17, 15) is 9.18 Å². The van der Waals surface area contributed by atoms with Crippen molar-refractivity contribution in [1.29, 1.82) is 0 Å². The summed E-state index contributed by atoms with van der Waals surface area (Å²) in [5, 5.41) is 3.12. The van der Waals surface area contributed by atoms with Crippen LogP contribution in [-0.2, 0) is 9.53 Å². The lowest BCUT2D eigenvalue weighted by Gasteiger charge is -2.27. The van der Waals surface area contributed by atoms with E-state index in [0.29, 0.717) is 19.7 Å². The maximum atomic E-state index is 13.3. The first-order chi connectivity index (χ1) is 9.11. The van der Waals surface area contributed by atoms with Crippen LogP contribution >= 0.6 is 0 Å². The SMILES string of the molecule is COCC(C)CN1C(=O)CNC1c1cccc(F)c1. The summed E-state index contributed by atoms with van der Waals surface area (Å²) < 4.78 is 18.4. The molecule has 1 saturated heterocycles. The maximum absolute atomic E-state index is 13.3. The Hall–Kier alpha value is -1.46. The second kappa shape index (κ2) is 6.12. The van der Waals surface area contributed by atoms with Crippen LogP contribution in [0.1, 0.15) is 18.7 Å². The molecule has 1 N–H and O–H groups in total. The molecule has 0 aliphatic carbocycles. The third kappa shape index (κ3) is 3.30. The highest BCUT2D eigenvalue weighted by Gasteiger charge is 2.32. The normalized spacial score (nSPS) is 20.9. The molecule has 4 nitrogen and oxygen atoms in total. The molecule has 2 rings (SSSR count). The average molecular weight is 266 g/mol. The summed E-state index contributed by atoms with van der Waals surface area (Å²) in [5.41, 5.74) is 0.774. The number of nitrogens with one attached hydrogen (secondary N) is 1. The topological polar surface area (TPSA) is 41.6 Å². The van der Waals surface area contributed by atoms with Gasteiger partial charge in [-0.25, -0.2) is 4.39 Å². The molecular formula is C14H19FN2O2. The van der Waals surface area contributed by atoms with Crippen LogP contribution in [-0.4, -0.2) is 37.6 Å². The van der Waals surface area contributed by atoms with E-state index in [1.165, 1.54) is 12.1 Å². The first-order valence-electron chi connectivity index (χ1n) is 6.39. The van der Waals surface area contributed by atoms with Crippen LogP contribution in [0.3, 0.4) is 0 Å². The van der Waals surface area contributed by atoms with Crippen LogP contribution in [0.2, 0.25) is 0 Å². The smallest absolute Gasteiger partial charge is 0.238 e. The molecule has 0 spiro atoms. The van der Waals surface area contributed by atoms with Gasteiger partial charge in [0.15, 0.2) is 0 Å². The molecule has 1 aromatic rings. The number of nitrogens with zero attached hydrogens (tertiary/aromatic N) is 1. The Morgan fingerprint density at radius 1 is 1.58 bits per heavy atom. The molecule has 2 unspecified atom stereocenters. The molecule has 0 aromatic heterocycles. The van der Waals surface area contributed by atoms with Gasteiger partial charge < -0.3 is 9.64 Å². The summed E-state index contributed by atoms with van der Waals surface area (Å²) in [6.07, 6.45) is -0.248. The highest BCUT2D eigenvalue weighted by molar-refractivity contribution is 5.80. The van der Waals surface area contributed by atoms with Gasteiger partial charge in [-0.05, 0) is 23.6 Å². The first-order valence-corrected chi connectivity index (χ1v) is 6.39. The fraction of sp³-hybridized carbons (Fsp3) is 0.500. The number of halogens is 1. The number of amides is 1. The van der Waals surface area contributed by atoms with Crippen LogP contribution in [0, 0.1) is 11.7 Å². The Bertz CT molecular complexity index is 453. The van der Waals surface area contributed by atoms with Crippen molar-refractivity contribution in [1.82, 2.24) is 10.2 Å². The summed E-state index contributed by atoms with van der Waals surface area (Å²) in [6.45, 7) is 3.51. The predicted molar refractivity (Wildman–Crippen MR) is 69.9 cm³/mol. The largest absolute Gasteiger partial charge is 0.384 e. The highest BCUT2D eigenvalue weighted by atomic mass is 19.1. The van der Waals surface area contributed by atoms with Crippen molar-refractivity contribution in [2.75, 3.05) is 26.8 Å². The average Bonchev–Trinajstić information content (AvgIpc) is 2.71. The van der Waals surface area contributed by atoms with E-state index >= 15 is 0 Å². The van der Waals surface area contributed by atoms with Crippen molar-refractivity contribution in [3.05, 3.63) is 35.6 Å². The number of methoxy groups -OCH3 is 1.